The van der Waals surface area contributed by atoms with Crippen LogP contribution in [-0.4, -0.2) is 43.9 Å². The first kappa shape index (κ1) is 13.8. The fraction of sp³-hybridized carbons (Fsp3) is 0.538. The van der Waals surface area contributed by atoms with Crippen molar-refractivity contribution in [1.29, 1.82) is 0 Å². The van der Waals surface area contributed by atoms with Crippen molar-refractivity contribution in [3.05, 3.63) is 29.3 Å². The second-order valence-electron chi connectivity index (χ2n) is 4.43. The van der Waals surface area contributed by atoms with Crippen molar-refractivity contribution in [3.8, 4) is 0 Å². The lowest BCUT2D eigenvalue weighted by atomic mass is 10.1. The molecule has 0 unspecified atom stereocenters. The Morgan fingerprint density at radius 2 is 1.83 bits per heavy atom. The summed E-state index contributed by atoms with van der Waals surface area (Å²) in [5.74, 6) is -0.893. The molecular weight excluding hydrogens is 254 g/mol. The molecule has 1 heterocycles. The summed E-state index contributed by atoms with van der Waals surface area (Å²) in [6.07, 6.45) is 2.38. The highest BCUT2D eigenvalue weighted by molar-refractivity contribution is 7.98. The number of nitrogens with zero attached hydrogens (tertiary/aromatic N) is 1. The average molecular weight is 272 g/mol. The van der Waals surface area contributed by atoms with Gasteiger partial charge in [-0.05, 0) is 30.4 Å². The number of rotatable bonds is 4. The zero-order valence-electron chi connectivity index (χ0n) is 10.5. The molecule has 1 aromatic carbocycles. The minimum Gasteiger partial charge on any atom is -0.314 e. The zero-order valence-corrected chi connectivity index (χ0v) is 11.3. The molecule has 0 amide bonds. The van der Waals surface area contributed by atoms with E-state index in [1.807, 2.05) is 0 Å². The number of halogens is 2. The van der Waals surface area contributed by atoms with E-state index in [2.05, 4.69) is 10.2 Å². The molecule has 1 saturated heterocycles. The van der Waals surface area contributed by atoms with E-state index in [4.69, 9.17) is 0 Å². The molecule has 2 rings (SSSR count). The topological polar surface area (TPSA) is 15.3 Å². The van der Waals surface area contributed by atoms with Crippen molar-refractivity contribution in [2.75, 3.05) is 39.0 Å². The van der Waals surface area contributed by atoms with E-state index >= 15 is 0 Å². The van der Waals surface area contributed by atoms with E-state index in [0.717, 1.165) is 50.0 Å². The Balaban J connectivity index is 1.96. The third-order valence-corrected chi connectivity index (χ3v) is 3.99. The number of nitrogens with one attached hydrogen (secondary N) is 1. The molecule has 5 heteroatoms. The highest BCUT2D eigenvalue weighted by atomic mass is 32.2. The second kappa shape index (κ2) is 6.50. The summed E-state index contributed by atoms with van der Waals surface area (Å²) in [5, 5.41) is 3.28. The summed E-state index contributed by atoms with van der Waals surface area (Å²) in [6.45, 7) is 4.86. The van der Waals surface area contributed by atoms with Gasteiger partial charge in [0.15, 0.2) is 0 Å². The van der Waals surface area contributed by atoms with Gasteiger partial charge >= 0.3 is 0 Å². The smallest absolute Gasteiger partial charge is 0.139 e. The minimum absolute atomic E-state index is 0.112. The molecule has 0 aliphatic carbocycles. The van der Waals surface area contributed by atoms with E-state index in [1.165, 1.54) is 12.1 Å². The van der Waals surface area contributed by atoms with Crippen LogP contribution in [0.25, 0.3) is 0 Å². The van der Waals surface area contributed by atoms with Gasteiger partial charge in [-0.15, -0.1) is 11.8 Å². The number of hydrogen-bond acceptors (Lipinski definition) is 3. The van der Waals surface area contributed by atoms with E-state index in [-0.39, 0.29) is 4.90 Å². The summed E-state index contributed by atoms with van der Waals surface area (Å²) in [6, 6.07) is 2.91. The quantitative estimate of drug-likeness (QED) is 0.845. The largest absolute Gasteiger partial charge is 0.314 e. The Kier molecular flexibility index (Phi) is 4.97. The molecule has 1 aliphatic rings. The van der Waals surface area contributed by atoms with Crippen LogP contribution in [0.3, 0.4) is 0 Å². The summed E-state index contributed by atoms with van der Waals surface area (Å²) in [7, 11) is 0. The van der Waals surface area contributed by atoms with Crippen LogP contribution in [0.5, 0.6) is 0 Å². The third-order valence-electron chi connectivity index (χ3n) is 3.19. The summed E-state index contributed by atoms with van der Waals surface area (Å²) < 4.78 is 27.2. The monoisotopic (exact) mass is 272 g/mol. The standard InChI is InChI=1S/C13H18F2N2S/c1-18-13-11(14)8-10(9-12(13)15)2-5-17-6-3-16-4-7-17/h8-9,16H,2-7H2,1H3. The van der Waals surface area contributed by atoms with Gasteiger partial charge in [-0.3, -0.25) is 0 Å². The molecule has 1 aliphatic heterocycles. The highest BCUT2D eigenvalue weighted by Gasteiger charge is 2.12. The molecule has 0 aromatic heterocycles. The van der Waals surface area contributed by atoms with Crippen LogP contribution in [-0.2, 0) is 6.42 Å². The van der Waals surface area contributed by atoms with Crippen molar-refractivity contribution in [2.45, 2.75) is 11.3 Å². The van der Waals surface area contributed by atoms with Crippen LogP contribution >= 0.6 is 11.8 Å². The van der Waals surface area contributed by atoms with Crippen LogP contribution in [0.15, 0.2) is 17.0 Å². The Morgan fingerprint density at radius 3 is 2.39 bits per heavy atom. The average Bonchev–Trinajstić information content (AvgIpc) is 2.37. The molecule has 18 heavy (non-hydrogen) atoms. The maximum atomic E-state index is 13.6. The van der Waals surface area contributed by atoms with Gasteiger partial charge in [-0.1, -0.05) is 0 Å². The van der Waals surface area contributed by atoms with Gasteiger partial charge in [0.05, 0.1) is 4.90 Å². The Hall–Kier alpha value is -0.650. The van der Waals surface area contributed by atoms with Gasteiger partial charge in [0.2, 0.25) is 0 Å². The van der Waals surface area contributed by atoms with Crippen LogP contribution in [0.2, 0.25) is 0 Å². The van der Waals surface area contributed by atoms with Crippen molar-refractivity contribution < 1.29 is 8.78 Å². The Labute approximate surface area is 111 Å². The van der Waals surface area contributed by atoms with E-state index in [1.54, 1.807) is 6.26 Å². The predicted molar refractivity (Wildman–Crippen MR) is 71.2 cm³/mol. The van der Waals surface area contributed by atoms with Crippen LogP contribution < -0.4 is 5.32 Å². The molecule has 1 aromatic rings. The lowest BCUT2D eigenvalue weighted by Crippen LogP contribution is -2.44. The second-order valence-corrected chi connectivity index (χ2v) is 5.25. The first-order valence-corrected chi connectivity index (χ1v) is 7.38. The minimum atomic E-state index is -0.446. The number of thioether (sulfide) groups is 1. The fourth-order valence-corrected chi connectivity index (χ4v) is 2.68. The molecule has 1 fully saturated rings. The first-order chi connectivity index (χ1) is 8.70. The Bertz CT molecular complexity index is 383. The van der Waals surface area contributed by atoms with E-state index in [0.29, 0.717) is 6.42 Å². The molecule has 0 atom stereocenters. The molecule has 0 radical (unpaired) electrons. The zero-order chi connectivity index (χ0) is 13.0. The maximum absolute atomic E-state index is 13.6. The predicted octanol–water partition coefficient (Wildman–Crippen LogP) is 2.13. The van der Waals surface area contributed by atoms with E-state index < -0.39 is 11.6 Å². The fourth-order valence-electron chi connectivity index (χ4n) is 2.17. The summed E-state index contributed by atoms with van der Waals surface area (Å²) in [4.78, 5) is 2.43. The van der Waals surface area contributed by atoms with Crippen LogP contribution in [0, 0.1) is 11.6 Å². The number of benzene rings is 1. The molecule has 100 valence electrons. The van der Waals surface area contributed by atoms with Crippen molar-refractivity contribution in [1.82, 2.24) is 10.2 Å². The van der Waals surface area contributed by atoms with Gasteiger partial charge in [0, 0.05) is 32.7 Å². The summed E-state index contributed by atoms with van der Waals surface area (Å²) in [5.41, 5.74) is 0.737. The highest BCUT2D eigenvalue weighted by Crippen LogP contribution is 2.24. The maximum Gasteiger partial charge on any atom is 0.139 e. The van der Waals surface area contributed by atoms with Crippen LogP contribution in [0.4, 0.5) is 8.78 Å². The van der Waals surface area contributed by atoms with Gasteiger partial charge in [-0.2, -0.15) is 0 Å². The van der Waals surface area contributed by atoms with Gasteiger partial charge in [-0.25, -0.2) is 8.78 Å². The number of hydrogen-bond donors (Lipinski definition) is 1. The normalized spacial score (nSPS) is 17.1. The van der Waals surface area contributed by atoms with Crippen molar-refractivity contribution in [2.24, 2.45) is 0 Å². The van der Waals surface area contributed by atoms with Crippen molar-refractivity contribution >= 4 is 11.8 Å². The van der Waals surface area contributed by atoms with E-state index in [9.17, 15) is 8.78 Å². The van der Waals surface area contributed by atoms with Crippen molar-refractivity contribution in [3.63, 3.8) is 0 Å². The molecule has 1 N–H and O–H groups in total. The Morgan fingerprint density at radius 1 is 1.22 bits per heavy atom. The molecule has 0 saturated carbocycles. The third kappa shape index (κ3) is 3.43. The van der Waals surface area contributed by atoms with Gasteiger partial charge in [0.25, 0.3) is 0 Å². The van der Waals surface area contributed by atoms with Gasteiger partial charge in [0.1, 0.15) is 11.6 Å². The molecule has 2 nitrogen and oxygen atoms in total. The molecular formula is C13H18F2N2S. The van der Waals surface area contributed by atoms with Crippen LogP contribution in [0.1, 0.15) is 5.56 Å². The first-order valence-electron chi connectivity index (χ1n) is 6.15. The molecule has 0 bridgehead atoms. The molecule has 0 spiro atoms. The lowest BCUT2D eigenvalue weighted by Gasteiger charge is -2.27. The summed E-state index contributed by atoms with van der Waals surface area (Å²) >= 11 is 1.11. The number of piperazine rings is 1. The SMILES string of the molecule is CSc1c(F)cc(CCN2CCNCC2)cc1F. The lowest BCUT2D eigenvalue weighted by molar-refractivity contribution is 0.243. The van der Waals surface area contributed by atoms with Gasteiger partial charge < -0.3 is 10.2 Å².